The molecule has 5 nitrogen and oxygen atoms in total. The molecule has 1 aromatic heterocycles. The van der Waals surface area contributed by atoms with E-state index in [1.54, 1.807) is 0 Å². The Hall–Kier alpha value is -1.24. The monoisotopic (exact) mass is 338 g/mol. The Kier molecular flexibility index (Phi) is 5.28. The van der Waals surface area contributed by atoms with Crippen LogP contribution >= 0.6 is 15.9 Å². The number of halogens is 1. The van der Waals surface area contributed by atoms with E-state index in [1.807, 2.05) is 24.3 Å². The van der Waals surface area contributed by atoms with Crippen LogP contribution in [0, 0.1) is 0 Å². The van der Waals surface area contributed by atoms with Gasteiger partial charge in [-0.3, -0.25) is 0 Å². The SMILES string of the molecule is CC(CNCc1nnc(-c2ccccc2Br)o1)N(C)C. The molecule has 20 heavy (non-hydrogen) atoms. The van der Waals surface area contributed by atoms with Gasteiger partial charge in [-0.05, 0) is 49.1 Å². The maximum atomic E-state index is 5.66. The van der Waals surface area contributed by atoms with E-state index in [1.165, 1.54) is 0 Å². The summed E-state index contributed by atoms with van der Waals surface area (Å²) in [7, 11) is 4.12. The molecule has 108 valence electrons. The van der Waals surface area contributed by atoms with E-state index in [0.717, 1.165) is 16.6 Å². The molecular formula is C14H19BrN4O. The minimum atomic E-state index is 0.459. The maximum Gasteiger partial charge on any atom is 0.248 e. The molecule has 0 radical (unpaired) electrons. The van der Waals surface area contributed by atoms with Crippen molar-refractivity contribution in [1.29, 1.82) is 0 Å². The standard InChI is InChI=1S/C14H19BrN4O/c1-10(19(2)3)8-16-9-13-17-18-14(20-13)11-6-4-5-7-12(11)15/h4-7,10,16H,8-9H2,1-3H3. The second-order valence-corrected chi connectivity index (χ2v) is 5.78. The summed E-state index contributed by atoms with van der Waals surface area (Å²) in [5.41, 5.74) is 0.910. The Morgan fingerprint density at radius 3 is 2.75 bits per heavy atom. The topological polar surface area (TPSA) is 54.2 Å². The van der Waals surface area contributed by atoms with Crippen molar-refractivity contribution in [1.82, 2.24) is 20.4 Å². The lowest BCUT2D eigenvalue weighted by Gasteiger charge is -2.19. The second-order valence-electron chi connectivity index (χ2n) is 4.92. The lowest BCUT2D eigenvalue weighted by Crippen LogP contribution is -2.35. The fraction of sp³-hybridized carbons (Fsp3) is 0.429. The van der Waals surface area contributed by atoms with E-state index in [4.69, 9.17) is 4.42 Å². The molecule has 6 heteroatoms. The molecule has 0 bridgehead atoms. The molecule has 1 aromatic carbocycles. The molecule has 1 unspecified atom stereocenters. The molecular weight excluding hydrogens is 320 g/mol. The van der Waals surface area contributed by atoms with E-state index in [9.17, 15) is 0 Å². The predicted molar refractivity (Wildman–Crippen MR) is 82.3 cm³/mol. The number of benzene rings is 1. The molecule has 0 amide bonds. The largest absolute Gasteiger partial charge is 0.419 e. The van der Waals surface area contributed by atoms with E-state index < -0.39 is 0 Å². The molecule has 0 spiro atoms. The number of aromatic nitrogens is 2. The molecule has 1 N–H and O–H groups in total. The van der Waals surface area contributed by atoms with Gasteiger partial charge in [0.05, 0.1) is 12.1 Å². The van der Waals surface area contributed by atoms with Crippen LogP contribution in [0.3, 0.4) is 0 Å². The summed E-state index contributed by atoms with van der Waals surface area (Å²) in [5, 5.41) is 11.5. The highest BCUT2D eigenvalue weighted by Gasteiger charge is 2.11. The minimum Gasteiger partial charge on any atom is -0.419 e. The number of hydrogen-bond acceptors (Lipinski definition) is 5. The van der Waals surface area contributed by atoms with Gasteiger partial charge in [-0.2, -0.15) is 0 Å². The fourth-order valence-electron chi connectivity index (χ4n) is 1.64. The van der Waals surface area contributed by atoms with Gasteiger partial charge in [0.15, 0.2) is 0 Å². The first-order chi connectivity index (χ1) is 9.58. The van der Waals surface area contributed by atoms with Crippen LogP contribution in [0.15, 0.2) is 33.2 Å². The third-order valence-electron chi connectivity index (χ3n) is 3.17. The van der Waals surface area contributed by atoms with Gasteiger partial charge in [-0.1, -0.05) is 12.1 Å². The van der Waals surface area contributed by atoms with E-state index >= 15 is 0 Å². The highest BCUT2D eigenvalue weighted by atomic mass is 79.9. The highest BCUT2D eigenvalue weighted by Crippen LogP contribution is 2.26. The molecule has 1 atom stereocenters. The Morgan fingerprint density at radius 1 is 1.30 bits per heavy atom. The number of likely N-dealkylation sites (N-methyl/N-ethyl adjacent to an activating group) is 1. The fourth-order valence-corrected chi connectivity index (χ4v) is 2.09. The highest BCUT2D eigenvalue weighted by molar-refractivity contribution is 9.10. The van der Waals surface area contributed by atoms with Crippen molar-refractivity contribution < 1.29 is 4.42 Å². The molecule has 0 saturated carbocycles. The Morgan fingerprint density at radius 2 is 2.05 bits per heavy atom. The quantitative estimate of drug-likeness (QED) is 0.877. The van der Waals surface area contributed by atoms with Gasteiger partial charge in [-0.15, -0.1) is 10.2 Å². The van der Waals surface area contributed by atoms with Gasteiger partial charge in [0.25, 0.3) is 0 Å². The molecule has 2 aromatic rings. The summed E-state index contributed by atoms with van der Waals surface area (Å²) in [5.74, 6) is 1.14. The summed E-state index contributed by atoms with van der Waals surface area (Å²) in [6.07, 6.45) is 0. The van der Waals surface area contributed by atoms with Crippen LogP contribution in [0.4, 0.5) is 0 Å². The van der Waals surface area contributed by atoms with Crippen LogP contribution in [0.25, 0.3) is 11.5 Å². The summed E-state index contributed by atoms with van der Waals surface area (Å²) in [6, 6.07) is 8.26. The number of rotatable bonds is 6. The van der Waals surface area contributed by atoms with Crippen LogP contribution < -0.4 is 5.32 Å². The Balaban J connectivity index is 1.95. The lowest BCUT2D eigenvalue weighted by molar-refractivity contribution is 0.299. The van der Waals surface area contributed by atoms with Crippen molar-refractivity contribution in [2.24, 2.45) is 0 Å². The van der Waals surface area contributed by atoms with Gasteiger partial charge in [0.2, 0.25) is 11.8 Å². The number of nitrogens with zero attached hydrogens (tertiary/aromatic N) is 3. The Bertz CT molecular complexity index is 556. The molecule has 0 aliphatic heterocycles. The zero-order valence-corrected chi connectivity index (χ0v) is 13.5. The average molecular weight is 339 g/mol. The third-order valence-corrected chi connectivity index (χ3v) is 3.86. The van der Waals surface area contributed by atoms with Crippen molar-refractivity contribution in [3.05, 3.63) is 34.6 Å². The molecule has 0 fully saturated rings. The zero-order valence-electron chi connectivity index (χ0n) is 11.9. The third kappa shape index (κ3) is 3.88. The lowest BCUT2D eigenvalue weighted by atomic mass is 10.2. The molecule has 0 aliphatic carbocycles. The van der Waals surface area contributed by atoms with Crippen molar-refractivity contribution in [2.45, 2.75) is 19.5 Å². The average Bonchev–Trinajstić information content (AvgIpc) is 2.87. The van der Waals surface area contributed by atoms with Crippen LogP contribution in [0.5, 0.6) is 0 Å². The summed E-state index contributed by atoms with van der Waals surface area (Å²) in [6.45, 7) is 3.61. The van der Waals surface area contributed by atoms with Gasteiger partial charge in [0.1, 0.15) is 0 Å². The van der Waals surface area contributed by atoms with Crippen LogP contribution in [0.2, 0.25) is 0 Å². The van der Waals surface area contributed by atoms with E-state index in [-0.39, 0.29) is 0 Å². The first-order valence-corrected chi connectivity index (χ1v) is 7.31. The minimum absolute atomic E-state index is 0.459. The first-order valence-electron chi connectivity index (χ1n) is 6.52. The van der Waals surface area contributed by atoms with Crippen molar-refractivity contribution >= 4 is 15.9 Å². The first kappa shape index (κ1) is 15.2. The second kappa shape index (κ2) is 6.97. The molecule has 2 rings (SSSR count). The number of nitrogens with one attached hydrogen (secondary N) is 1. The molecule has 0 saturated heterocycles. The van der Waals surface area contributed by atoms with Crippen molar-refractivity contribution in [2.75, 3.05) is 20.6 Å². The van der Waals surface area contributed by atoms with Crippen LogP contribution in [-0.2, 0) is 6.54 Å². The predicted octanol–water partition coefficient (Wildman–Crippen LogP) is 2.54. The van der Waals surface area contributed by atoms with Crippen LogP contribution in [-0.4, -0.2) is 41.8 Å². The van der Waals surface area contributed by atoms with Crippen LogP contribution in [0.1, 0.15) is 12.8 Å². The summed E-state index contributed by atoms with van der Waals surface area (Å²) >= 11 is 3.48. The van der Waals surface area contributed by atoms with Gasteiger partial charge >= 0.3 is 0 Å². The maximum absolute atomic E-state index is 5.66. The van der Waals surface area contributed by atoms with Gasteiger partial charge < -0.3 is 14.6 Å². The Labute approximate surface area is 127 Å². The summed E-state index contributed by atoms with van der Waals surface area (Å²) in [4.78, 5) is 2.16. The van der Waals surface area contributed by atoms with Gasteiger partial charge in [0, 0.05) is 17.1 Å². The molecule has 0 aliphatic rings. The van der Waals surface area contributed by atoms with Gasteiger partial charge in [-0.25, -0.2) is 0 Å². The smallest absolute Gasteiger partial charge is 0.248 e. The van der Waals surface area contributed by atoms with E-state index in [0.29, 0.717) is 24.4 Å². The normalized spacial score (nSPS) is 12.8. The number of hydrogen-bond donors (Lipinski definition) is 1. The zero-order chi connectivity index (χ0) is 14.5. The van der Waals surface area contributed by atoms with Crippen molar-refractivity contribution in [3.8, 4) is 11.5 Å². The molecule has 1 heterocycles. The van der Waals surface area contributed by atoms with E-state index in [2.05, 4.69) is 57.4 Å². The van der Waals surface area contributed by atoms with Crippen molar-refractivity contribution in [3.63, 3.8) is 0 Å². The summed E-state index contributed by atoms with van der Waals surface area (Å²) < 4.78 is 6.61.